The standard InChI is InChI=1S/C12H14N4O3/c13-8-2-1-7-5-10(16-9(7)6-8)11(17)14-3-4-15-12(18)19/h1-2,5-6,15-16H,3-4,13H2,(H,14,17)(H,18,19). The maximum atomic E-state index is 11.8. The summed E-state index contributed by atoms with van der Waals surface area (Å²) in [5.41, 5.74) is 7.47. The Kier molecular flexibility index (Phi) is 3.56. The van der Waals surface area contributed by atoms with Gasteiger partial charge in [-0.05, 0) is 18.2 Å². The van der Waals surface area contributed by atoms with Gasteiger partial charge in [0.2, 0.25) is 0 Å². The van der Waals surface area contributed by atoms with Gasteiger partial charge in [0.25, 0.3) is 5.91 Å². The fraction of sp³-hybridized carbons (Fsp3) is 0.167. The number of carboxylic acid groups (broad SMARTS) is 1. The molecule has 2 rings (SSSR count). The Labute approximate surface area is 108 Å². The molecule has 0 radical (unpaired) electrons. The van der Waals surface area contributed by atoms with Gasteiger partial charge in [-0.15, -0.1) is 0 Å². The first kappa shape index (κ1) is 12.7. The first-order valence-electron chi connectivity index (χ1n) is 5.69. The second-order valence-electron chi connectivity index (χ2n) is 4.02. The van der Waals surface area contributed by atoms with Crippen LogP contribution in [0.1, 0.15) is 10.5 Å². The lowest BCUT2D eigenvalue weighted by molar-refractivity contribution is 0.0949. The predicted molar refractivity (Wildman–Crippen MR) is 71.1 cm³/mol. The molecule has 19 heavy (non-hydrogen) atoms. The van der Waals surface area contributed by atoms with Crippen LogP contribution in [0.5, 0.6) is 0 Å². The van der Waals surface area contributed by atoms with Crippen LogP contribution in [0.25, 0.3) is 10.9 Å². The van der Waals surface area contributed by atoms with E-state index in [1.54, 1.807) is 18.2 Å². The van der Waals surface area contributed by atoms with Crippen molar-refractivity contribution in [1.82, 2.24) is 15.6 Å². The highest BCUT2D eigenvalue weighted by Gasteiger charge is 2.09. The van der Waals surface area contributed by atoms with Crippen molar-refractivity contribution in [1.29, 1.82) is 0 Å². The number of carbonyl (C=O) groups excluding carboxylic acids is 1. The fourth-order valence-corrected chi connectivity index (χ4v) is 1.71. The first-order chi connectivity index (χ1) is 9.06. The molecule has 1 aromatic heterocycles. The normalized spacial score (nSPS) is 10.3. The number of nitrogens with two attached hydrogens (primary N) is 1. The number of rotatable bonds is 4. The lowest BCUT2D eigenvalue weighted by atomic mass is 10.2. The average molecular weight is 262 g/mol. The van der Waals surface area contributed by atoms with E-state index in [1.807, 2.05) is 6.07 Å². The third kappa shape index (κ3) is 3.15. The van der Waals surface area contributed by atoms with E-state index in [2.05, 4.69) is 15.6 Å². The van der Waals surface area contributed by atoms with Crippen LogP contribution in [-0.4, -0.2) is 35.2 Å². The highest BCUT2D eigenvalue weighted by molar-refractivity contribution is 5.98. The van der Waals surface area contributed by atoms with Gasteiger partial charge in [0.15, 0.2) is 0 Å². The van der Waals surface area contributed by atoms with Gasteiger partial charge in [0.1, 0.15) is 5.69 Å². The topological polar surface area (TPSA) is 120 Å². The average Bonchev–Trinajstić information content (AvgIpc) is 2.77. The van der Waals surface area contributed by atoms with Gasteiger partial charge in [-0.2, -0.15) is 0 Å². The second kappa shape index (κ2) is 5.30. The monoisotopic (exact) mass is 262 g/mol. The number of fused-ring (bicyclic) bond motifs is 1. The predicted octanol–water partition coefficient (Wildman–Crippen LogP) is 0.747. The Hall–Kier alpha value is -2.70. The number of anilines is 1. The third-order valence-electron chi connectivity index (χ3n) is 2.58. The van der Waals surface area contributed by atoms with Crippen molar-refractivity contribution in [3.63, 3.8) is 0 Å². The quantitative estimate of drug-likeness (QED) is 0.412. The van der Waals surface area contributed by atoms with E-state index in [0.29, 0.717) is 11.4 Å². The van der Waals surface area contributed by atoms with Crippen LogP contribution in [0.2, 0.25) is 0 Å². The molecule has 0 aliphatic carbocycles. The lowest BCUT2D eigenvalue weighted by Crippen LogP contribution is -2.34. The minimum absolute atomic E-state index is 0.161. The molecule has 100 valence electrons. The van der Waals surface area contributed by atoms with Crippen LogP contribution >= 0.6 is 0 Å². The zero-order valence-electron chi connectivity index (χ0n) is 10.1. The molecule has 0 atom stereocenters. The van der Waals surface area contributed by atoms with E-state index in [4.69, 9.17) is 10.8 Å². The summed E-state index contributed by atoms with van der Waals surface area (Å²) in [6, 6.07) is 7.05. The summed E-state index contributed by atoms with van der Waals surface area (Å²) in [6.45, 7) is 0.386. The number of hydrogen-bond donors (Lipinski definition) is 5. The van der Waals surface area contributed by atoms with Crippen molar-refractivity contribution in [2.24, 2.45) is 0 Å². The molecular weight excluding hydrogens is 248 g/mol. The molecule has 2 amide bonds. The van der Waals surface area contributed by atoms with Crippen molar-refractivity contribution >= 4 is 28.6 Å². The first-order valence-corrected chi connectivity index (χ1v) is 5.69. The lowest BCUT2D eigenvalue weighted by Gasteiger charge is -2.03. The van der Waals surface area contributed by atoms with Gasteiger partial charge in [0.05, 0.1) is 0 Å². The molecule has 0 aliphatic rings. The largest absolute Gasteiger partial charge is 0.465 e. The molecule has 0 saturated carbocycles. The van der Waals surface area contributed by atoms with Gasteiger partial charge in [0, 0.05) is 29.7 Å². The molecule has 6 N–H and O–H groups in total. The Morgan fingerprint density at radius 2 is 1.95 bits per heavy atom. The Balaban J connectivity index is 1.99. The number of nitrogens with one attached hydrogen (secondary N) is 3. The number of H-pyrrole nitrogens is 1. The number of amides is 2. The number of benzene rings is 1. The van der Waals surface area contributed by atoms with E-state index < -0.39 is 6.09 Å². The summed E-state index contributed by atoms with van der Waals surface area (Å²) in [4.78, 5) is 25.0. The van der Waals surface area contributed by atoms with Crippen LogP contribution in [0, 0.1) is 0 Å². The number of hydrogen-bond acceptors (Lipinski definition) is 3. The van der Waals surface area contributed by atoms with Gasteiger partial charge in [-0.3, -0.25) is 4.79 Å². The van der Waals surface area contributed by atoms with Crippen LogP contribution in [0.15, 0.2) is 24.3 Å². The summed E-state index contributed by atoms with van der Waals surface area (Å²) in [6.07, 6.45) is -1.12. The molecule has 0 bridgehead atoms. The van der Waals surface area contributed by atoms with Gasteiger partial charge in [-0.25, -0.2) is 4.79 Å². The minimum Gasteiger partial charge on any atom is -0.465 e. The number of aromatic nitrogens is 1. The van der Waals surface area contributed by atoms with E-state index in [1.165, 1.54) is 0 Å². The van der Waals surface area contributed by atoms with E-state index in [-0.39, 0.29) is 19.0 Å². The Morgan fingerprint density at radius 1 is 1.21 bits per heavy atom. The molecule has 1 heterocycles. The number of carbonyl (C=O) groups is 2. The molecule has 0 spiro atoms. The summed E-state index contributed by atoms with van der Waals surface area (Å²) in [7, 11) is 0. The second-order valence-corrected chi connectivity index (χ2v) is 4.02. The molecular formula is C12H14N4O3. The van der Waals surface area contributed by atoms with E-state index in [0.717, 1.165) is 10.9 Å². The minimum atomic E-state index is -1.12. The molecule has 1 aromatic carbocycles. The third-order valence-corrected chi connectivity index (χ3v) is 2.58. The Morgan fingerprint density at radius 3 is 2.68 bits per heavy atom. The van der Waals surface area contributed by atoms with Gasteiger partial charge < -0.3 is 26.5 Å². The molecule has 0 saturated heterocycles. The van der Waals surface area contributed by atoms with Crippen LogP contribution in [-0.2, 0) is 0 Å². The Bertz CT molecular complexity index is 620. The van der Waals surface area contributed by atoms with Crippen LogP contribution in [0.4, 0.5) is 10.5 Å². The SMILES string of the molecule is Nc1ccc2cc(C(=O)NCCNC(=O)O)[nH]c2c1. The van der Waals surface area contributed by atoms with Gasteiger partial charge in [-0.1, -0.05) is 6.07 Å². The number of aromatic amines is 1. The zero-order chi connectivity index (χ0) is 13.8. The molecule has 7 heteroatoms. The summed E-state index contributed by atoms with van der Waals surface area (Å²) >= 11 is 0. The van der Waals surface area contributed by atoms with Crippen molar-refractivity contribution in [3.05, 3.63) is 30.0 Å². The molecule has 0 fully saturated rings. The van der Waals surface area contributed by atoms with E-state index >= 15 is 0 Å². The van der Waals surface area contributed by atoms with Crippen LogP contribution in [0.3, 0.4) is 0 Å². The molecule has 0 aliphatic heterocycles. The van der Waals surface area contributed by atoms with Crippen molar-refractivity contribution in [2.45, 2.75) is 0 Å². The van der Waals surface area contributed by atoms with Crippen molar-refractivity contribution in [3.8, 4) is 0 Å². The number of nitrogen functional groups attached to an aromatic ring is 1. The maximum absolute atomic E-state index is 11.8. The zero-order valence-corrected chi connectivity index (χ0v) is 10.1. The highest BCUT2D eigenvalue weighted by Crippen LogP contribution is 2.18. The summed E-state index contributed by atoms with van der Waals surface area (Å²) < 4.78 is 0. The summed E-state index contributed by atoms with van der Waals surface area (Å²) in [5.74, 6) is -0.290. The van der Waals surface area contributed by atoms with Crippen molar-refractivity contribution < 1.29 is 14.7 Å². The molecule has 7 nitrogen and oxygen atoms in total. The smallest absolute Gasteiger partial charge is 0.404 e. The van der Waals surface area contributed by atoms with E-state index in [9.17, 15) is 9.59 Å². The molecule has 2 aromatic rings. The fourth-order valence-electron chi connectivity index (χ4n) is 1.71. The van der Waals surface area contributed by atoms with Gasteiger partial charge >= 0.3 is 6.09 Å². The maximum Gasteiger partial charge on any atom is 0.404 e. The van der Waals surface area contributed by atoms with Crippen LogP contribution < -0.4 is 16.4 Å². The molecule has 0 unspecified atom stereocenters. The summed E-state index contributed by atoms with van der Waals surface area (Å²) in [5, 5.41) is 14.0. The highest BCUT2D eigenvalue weighted by atomic mass is 16.4. The van der Waals surface area contributed by atoms with Crippen molar-refractivity contribution in [2.75, 3.05) is 18.8 Å².